The van der Waals surface area contributed by atoms with E-state index in [4.69, 9.17) is 0 Å². The fourth-order valence-electron chi connectivity index (χ4n) is 5.42. The molecule has 4 aliphatic rings. The average Bonchev–Trinajstić information content (AvgIpc) is 3.55. The molecule has 3 saturated heterocycles. The van der Waals surface area contributed by atoms with Crippen molar-refractivity contribution in [2.75, 3.05) is 32.7 Å². The van der Waals surface area contributed by atoms with Gasteiger partial charge in [-0.1, -0.05) is 42.5 Å². The first kappa shape index (κ1) is 23.1. The summed E-state index contributed by atoms with van der Waals surface area (Å²) in [6.45, 7) is 4.64. The minimum absolute atomic E-state index is 0. The third kappa shape index (κ3) is 4.26. The Hall–Kier alpha value is -2.67. The molecule has 4 aliphatic heterocycles. The van der Waals surface area contributed by atoms with Crippen molar-refractivity contribution in [3.63, 3.8) is 0 Å². The van der Waals surface area contributed by atoms with Crippen LogP contribution in [0.5, 0.6) is 0 Å². The molecule has 3 aromatic rings. The third-order valence-corrected chi connectivity index (χ3v) is 8.45. The summed E-state index contributed by atoms with van der Waals surface area (Å²) in [7, 11) is 0. The minimum Gasteiger partial charge on any atom is -0.347 e. The highest BCUT2D eigenvalue weighted by molar-refractivity contribution is 7.21. The molecule has 7 rings (SSSR count). The maximum Gasteiger partial charge on any atom is 0.261 e. The molecule has 0 spiro atoms. The second-order valence-electron chi connectivity index (χ2n) is 9.31. The van der Waals surface area contributed by atoms with Crippen LogP contribution in [0.1, 0.15) is 32.9 Å². The van der Waals surface area contributed by atoms with E-state index in [9.17, 15) is 9.59 Å². The van der Waals surface area contributed by atoms with E-state index in [1.54, 1.807) is 11.3 Å². The van der Waals surface area contributed by atoms with Gasteiger partial charge in [-0.3, -0.25) is 9.59 Å². The fraction of sp³-hybridized carbons (Fsp3) is 0.333. The molecule has 3 fully saturated rings. The molecule has 0 radical (unpaired) electrons. The van der Waals surface area contributed by atoms with Crippen LogP contribution < -0.4 is 5.32 Å². The van der Waals surface area contributed by atoms with Crippen LogP contribution in [0.25, 0.3) is 21.2 Å². The van der Waals surface area contributed by atoms with Crippen LogP contribution in [-0.4, -0.2) is 60.4 Å². The number of hydrogen-bond donors (Lipinski definition) is 1. The first-order valence-corrected chi connectivity index (χ1v) is 12.6. The Morgan fingerprint density at radius 1 is 0.971 bits per heavy atom. The Labute approximate surface area is 209 Å². The van der Waals surface area contributed by atoms with Gasteiger partial charge in [0, 0.05) is 35.9 Å². The Morgan fingerprint density at radius 3 is 2.47 bits per heavy atom. The molecule has 0 aliphatic carbocycles. The molecule has 7 heteroatoms. The van der Waals surface area contributed by atoms with Crippen LogP contribution in [0.3, 0.4) is 0 Å². The zero-order valence-corrected chi connectivity index (χ0v) is 20.5. The molecular weight excluding hydrogens is 466 g/mol. The van der Waals surface area contributed by atoms with Gasteiger partial charge in [0.1, 0.15) is 0 Å². The van der Waals surface area contributed by atoms with Crippen molar-refractivity contribution in [1.82, 2.24) is 15.1 Å². The van der Waals surface area contributed by atoms with Gasteiger partial charge in [-0.05, 0) is 66.6 Å². The van der Waals surface area contributed by atoms with Crippen molar-refractivity contribution in [1.29, 1.82) is 0 Å². The number of rotatable bonds is 4. The second-order valence-corrected chi connectivity index (χ2v) is 10.4. The summed E-state index contributed by atoms with van der Waals surface area (Å²) in [4.78, 5) is 31.0. The minimum atomic E-state index is 0. The summed E-state index contributed by atoms with van der Waals surface area (Å²) in [6, 6.07) is 16.3. The first-order chi connectivity index (χ1) is 16.2. The number of thiophene rings is 1. The molecule has 1 atom stereocenters. The van der Waals surface area contributed by atoms with E-state index in [0.29, 0.717) is 24.6 Å². The summed E-state index contributed by atoms with van der Waals surface area (Å²) in [5, 5.41) is 4.38. The summed E-state index contributed by atoms with van der Waals surface area (Å²) < 4.78 is 1.09. The first-order valence-electron chi connectivity index (χ1n) is 11.8. The van der Waals surface area contributed by atoms with Crippen LogP contribution in [-0.2, 0) is 0 Å². The quantitative estimate of drug-likeness (QED) is 0.530. The summed E-state index contributed by atoms with van der Waals surface area (Å²) >= 11 is 1.54. The van der Waals surface area contributed by atoms with Crippen molar-refractivity contribution in [3.05, 3.63) is 71.1 Å². The number of piperidine rings is 3. The third-order valence-electron chi connectivity index (χ3n) is 7.27. The van der Waals surface area contributed by atoms with Crippen molar-refractivity contribution in [2.24, 2.45) is 5.92 Å². The van der Waals surface area contributed by atoms with E-state index in [1.165, 1.54) is 25.9 Å². The molecule has 176 valence electrons. The molecule has 1 N–H and O–H groups in total. The van der Waals surface area contributed by atoms with Gasteiger partial charge in [-0.25, -0.2) is 0 Å². The fourth-order valence-corrected chi connectivity index (χ4v) is 6.51. The Balaban J connectivity index is 0.00000241. The smallest absolute Gasteiger partial charge is 0.261 e. The maximum atomic E-state index is 13.1. The van der Waals surface area contributed by atoms with E-state index >= 15 is 0 Å². The molecule has 34 heavy (non-hydrogen) atoms. The number of fused-ring (bicyclic) bond motifs is 4. The van der Waals surface area contributed by atoms with Crippen LogP contribution in [0.2, 0.25) is 0 Å². The van der Waals surface area contributed by atoms with E-state index in [-0.39, 0.29) is 30.3 Å². The standard InChI is InChI=1S/C27H27N3O2S.ClH/c31-26(28-23-17-29-13-9-18(23)10-14-29)24-16-20-6-4-8-22(25(20)33-24)19-5-3-7-21(15-19)27(32)30-11-1-2-12-30;/h1-8,15-16,18,23H,9-14,17H2,(H,28,31);1H/t23-;/m0./s1. The predicted molar refractivity (Wildman–Crippen MR) is 140 cm³/mol. The molecular formula is C27H28ClN3O2S. The monoisotopic (exact) mass is 493 g/mol. The van der Waals surface area contributed by atoms with E-state index in [1.807, 2.05) is 53.5 Å². The number of amides is 2. The lowest BCUT2D eigenvalue weighted by Gasteiger charge is -2.44. The Bertz CT molecular complexity index is 1250. The van der Waals surface area contributed by atoms with Crippen molar-refractivity contribution in [3.8, 4) is 11.1 Å². The number of nitrogens with one attached hydrogen (secondary N) is 1. The van der Waals surface area contributed by atoms with E-state index in [0.717, 1.165) is 32.6 Å². The van der Waals surface area contributed by atoms with Gasteiger partial charge < -0.3 is 15.1 Å². The maximum absolute atomic E-state index is 13.1. The number of halogens is 1. The zero-order chi connectivity index (χ0) is 22.4. The highest BCUT2D eigenvalue weighted by atomic mass is 35.5. The topological polar surface area (TPSA) is 52.7 Å². The number of benzene rings is 2. The van der Waals surface area contributed by atoms with Gasteiger partial charge in [-0.2, -0.15) is 0 Å². The van der Waals surface area contributed by atoms with Crippen LogP contribution >= 0.6 is 23.7 Å². The highest BCUT2D eigenvalue weighted by Gasteiger charge is 2.35. The highest BCUT2D eigenvalue weighted by Crippen LogP contribution is 2.36. The largest absolute Gasteiger partial charge is 0.347 e. The molecule has 0 saturated carbocycles. The molecule has 2 bridgehead atoms. The van der Waals surface area contributed by atoms with Crippen LogP contribution in [0.15, 0.2) is 60.7 Å². The van der Waals surface area contributed by atoms with Gasteiger partial charge in [-0.15, -0.1) is 23.7 Å². The number of hydrogen-bond acceptors (Lipinski definition) is 4. The molecule has 0 unspecified atom stereocenters. The Kier molecular flexibility index (Phi) is 6.47. The lowest BCUT2D eigenvalue weighted by molar-refractivity contribution is 0.0622. The van der Waals surface area contributed by atoms with Gasteiger partial charge in [0.2, 0.25) is 0 Å². The van der Waals surface area contributed by atoms with E-state index in [2.05, 4.69) is 22.3 Å². The van der Waals surface area contributed by atoms with Gasteiger partial charge in [0.15, 0.2) is 0 Å². The summed E-state index contributed by atoms with van der Waals surface area (Å²) in [5.74, 6) is 0.694. The molecule has 1 aromatic heterocycles. The molecule has 2 aromatic carbocycles. The second kappa shape index (κ2) is 9.53. The van der Waals surface area contributed by atoms with Crippen LogP contribution in [0, 0.1) is 5.92 Å². The number of carbonyl (C=O) groups excluding carboxylic acids is 2. The van der Waals surface area contributed by atoms with Crippen molar-refractivity contribution in [2.45, 2.75) is 18.9 Å². The van der Waals surface area contributed by atoms with Crippen LogP contribution in [0.4, 0.5) is 0 Å². The Morgan fingerprint density at radius 2 is 1.74 bits per heavy atom. The molecule has 2 amide bonds. The lowest BCUT2D eigenvalue weighted by atomic mass is 9.84. The summed E-state index contributed by atoms with van der Waals surface area (Å²) in [5.41, 5.74) is 2.77. The summed E-state index contributed by atoms with van der Waals surface area (Å²) in [6.07, 6.45) is 6.42. The number of carbonyl (C=O) groups is 2. The lowest BCUT2D eigenvalue weighted by Crippen LogP contribution is -2.57. The number of nitrogens with zero attached hydrogens (tertiary/aromatic N) is 2. The molecule has 5 heterocycles. The zero-order valence-electron chi connectivity index (χ0n) is 18.9. The molecule has 5 nitrogen and oxygen atoms in total. The van der Waals surface area contributed by atoms with Crippen molar-refractivity contribution >= 4 is 45.6 Å². The van der Waals surface area contributed by atoms with Gasteiger partial charge in [0.25, 0.3) is 11.8 Å². The SMILES string of the molecule is Cl.O=C(N[C@H]1CN2CCC1CC2)c1cc2cccc(-c3cccc(C(=O)N4CC=CC4)c3)c2s1. The van der Waals surface area contributed by atoms with Crippen molar-refractivity contribution < 1.29 is 9.59 Å². The normalized spacial score (nSPS) is 23.2. The average molecular weight is 494 g/mol. The predicted octanol–water partition coefficient (Wildman–Crippen LogP) is 4.83. The van der Waals surface area contributed by atoms with Gasteiger partial charge in [0.05, 0.1) is 4.88 Å². The van der Waals surface area contributed by atoms with E-state index < -0.39 is 0 Å². The van der Waals surface area contributed by atoms with Gasteiger partial charge >= 0.3 is 0 Å².